The van der Waals surface area contributed by atoms with E-state index in [1.165, 1.54) is 12.1 Å². The fraction of sp³-hybridized carbons (Fsp3) is 0.444. The minimum Gasteiger partial charge on any atom is -0.378 e. The van der Waals surface area contributed by atoms with Crippen LogP contribution in [0.5, 0.6) is 0 Å². The van der Waals surface area contributed by atoms with Gasteiger partial charge in [0.15, 0.2) is 0 Å². The van der Waals surface area contributed by atoms with E-state index in [-0.39, 0.29) is 5.82 Å². The number of nitrogens with zero attached hydrogens (tertiary/aromatic N) is 2. The smallest absolute Gasteiger partial charge is 0.132 e. The zero-order chi connectivity index (χ0) is 9.97. The maximum Gasteiger partial charge on any atom is 0.132 e. The van der Waals surface area contributed by atoms with Gasteiger partial charge in [-0.2, -0.15) is 0 Å². The van der Waals surface area contributed by atoms with Gasteiger partial charge >= 0.3 is 0 Å². The Morgan fingerprint density at radius 2 is 2.07 bits per heavy atom. The summed E-state index contributed by atoms with van der Waals surface area (Å²) in [7, 11) is 0. The third kappa shape index (κ3) is 2.22. The maximum atomic E-state index is 13.1. The van der Waals surface area contributed by atoms with Gasteiger partial charge in [0, 0.05) is 25.2 Å². The van der Waals surface area contributed by atoms with Crippen molar-refractivity contribution in [3.63, 3.8) is 0 Å². The number of morpholine rings is 1. The largest absolute Gasteiger partial charge is 0.378 e. The molecule has 0 spiro atoms. The van der Waals surface area contributed by atoms with E-state index in [2.05, 4.69) is 20.9 Å². The summed E-state index contributed by atoms with van der Waals surface area (Å²) < 4.78 is 18.8. The van der Waals surface area contributed by atoms with Crippen molar-refractivity contribution < 1.29 is 9.13 Å². The van der Waals surface area contributed by atoms with Crippen LogP contribution in [0.3, 0.4) is 0 Å². The molecule has 0 saturated carbocycles. The number of pyridine rings is 1. The van der Waals surface area contributed by atoms with Gasteiger partial charge in [-0.1, -0.05) is 0 Å². The Kier molecular flexibility index (Phi) is 2.98. The second kappa shape index (κ2) is 4.23. The van der Waals surface area contributed by atoms with Crippen molar-refractivity contribution in [1.29, 1.82) is 0 Å². The van der Waals surface area contributed by atoms with Gasteiger partial charge in [0.2, 0.25) is 0 Å². The highest BCUT2D eigenvalue weighted by Gasteiger charge is 2.13. The molecule has 0 amide bonds. The van der Waals surface area contributed by atoms with E-state index in [1.54, 1.807) is 0 Å². The lowest BCUT2D eigenvalue weighted by Gasteiger charge is -2.27. The lowest BCUT2D eigenvalue weighted by molar-refractivity contribution is 0.122. The van der Waals surface area contributed by atoms with Crippen molar-refractivity contribution in [3.05, 3.63) is 22.6 Å². The molecule has 5 heteroatoms. The number of hydrogen-bond acceptors (Lipinski definition) is 3. The minimum atomic E-state index is -0.270. The van der Waals surface area contributed by atoms with Crippen LogP contribution in [0.1, 0.15) is 0 Å². The monoisotopic (exact) mass is 260 g/mol. The molecule has 14 heavy (non-hydrogen) atoms. The third-order valence-electron chi connectivity index (χ3n) is 2.08. The Balaban J connectivity index is 2.21. The summed E-state index contributed by atoms with van der Waals surface area (Å²) in [4.78, 5) is 6.22. The summed E-state index contributed by atoms with van der Waals surface area (Å²) in [6, 6.07) is 2.79. The van der Waals surface area contributed by atoms with Crippen LogP contribution in [0.2, 0.25) is 0 Å². The Morgan fingerprint density at radius 1 is 1.36 bits per heavy atom. The van der Waals surface area contributed by atoms with Gasteiger partial charge in [0.05, 0.1) is 13.2 Å². The Morgan fingerprint density at radius 3 is 2.71 bits per heavy atom. The number of rotatable bonds is 1. The molecule has 1 fully saturated rings. The molecular weight excluding hydrogens is 251 g/mol. The van der Waals surface area contributed by atoms with Crippen LogP contribution >= 0.6 is 15.9 Å². The van der Waals surface area contributed by atoms with Crippen molar-refractivity contribution in [1.82, 2.24) is 4.98 Å². The van der Waals surface area contributed by atoms with Crippen LogP contribution in [0.15, 0.2) is 16.7 Å². The highest BCUT2D eigenvalue weighted by atomic mass is 79.9. The van der Waals surface area contributed by atoms with Crippen LogP contribution in [-0.4, -0.2) is 31.3 Å². The molecule has 2 rings (SSSR count). The molecule has 0 N–H and O–H groups in total. The molecule has 0 unspecified atom stereocenters. The van der Waals surface area contributed by atoms with E-state index in [1.807, 2.05) is 4.90 Å². The molecule has 1 aromatic rings. The van der Waals surface area contributed by atoms with Gasteiger partial charge in [0.1, 0.15) is 16.2 Å². The highest BCUT2D eigenvalue weighted by Crippen LogP contribution is 2.18. The van der Waals surface area contributed by atoms with E-state index in [9.17, 15) is 4.39 Å². The van der Waals surface area contributed by atoms with Crippen molar-refractivity contribution in [2.24, 2.45) is 0 Å². The number of ether oxygens (including phenoxy) is 1. The van der Waals surface area contributed by atoms with E-state index in [0.29, 0.717) is 23.6 Å². The first kappa shape index (κ1) is 9.86. The average Bonchev–Trinajstić information content (AvgIpc) is 2.18. The third-order valence-corrected chi connectivity index (χ3v) is 2.49. The van der Waals surface area contributed by atoms with Crippen LogP contribution in [-0.2, 0) is 4.74 Å². The molecule has 76 valence electrons. The molecule has 1 saturated heterocycles. The number of aromatic nitrogens is 1. The van der Waals surface area contributed by atoms with Gasteiger partial charge in [-0.25, -0.2) is 9.37 Å². The summed E-state index contributed by atoms with van der Waals surface area (Å²) >= 11 is 3.17. The molecule has 0 aromatic carbocycles. The lowest BCUT2D eigenvalue weighted by Crippen LogP contribution is -2.36. The van der Waals surface area contributed by atoms with Crippen LogP contribution in [0.4, 0.5) is 10.2 Å². The Bertz CT molecular complexity index is 308. The second-order valence-corrected chi connectivity index (χ2v) is 3.88. The van der Waals surface area contributed by atoms with E-state index >= 15 is 0 Å². The summed E-state index contributed by atoms with van der Waals surface area (Å²) in [5, 5.41) is 0. The Hall–Kier alpha value is -0.680. The van der Waals surface area contributed by atoms with Gasteiger partial charge in [-0.05, 0) is 15.9 Å². The topological polar surface area (TPSA) is 25.4 Å². The number of halogens is 2. The molecule has 0 aliphatic carbocycles. The molecule has 3 nitrogen and oxygen atoms in total. The fourth-order valence-corrected chi connectivity index (χ4v) is 1.81. The predicted molar refractivity (Wildman–Crippen MR) is 54.9 cm³/mol. The van der Waals surface area contributed by atoms with Crippen molar-refractivity contribution in [2.75, 3.05) is 31.2 Å². The molecule has 0 bridgehead atoms. The van der Waals surface area contributed by atoms with Crippen LogP contribution in [0.25, 0.3) is 0 Å². The SMILES string of the molecule is Fc1cc(Br)nc(N2CCOCC2)c1. The van der Waals surface area contributed by atoms with Crippen molar-refractivity contribution >= 4 is 21.7 Å². The van der Waals surface area contributed by atoms with Crippen LogP contribution in [0, 0.1) is 5.82 Å². The van der Waals surface area contributed by atoms with Gasteiger partial charge in [-0.15, -0.1) is 0 Å². The van der Waals surface area contributed by atoms with Gasteiger partial charge < -0.3 is 9.64 Å². The van der Waals surface area contributed by atoms with Gasteiger partial charge in [-0.3, -0.25) is 0 Å². The zero-order valence-corrected chi connectivity index (χ0v) is 9.13. The molecular formula is C9H10BrFN2O. The fourth-order valence-electron chi connectivity index (χ4n) is 1.41. The minimum absolute atomic E-state index is 0.270. The summed E-state index contributed by atoms with van der Waals surface area (Å²) in [5.41, 5.74) is 0. The summed E-state index contributed by atoms with van der Waals surface area (Å²) in [5.74, 6) is 0.397. The highest BCUT2D eigenvalue weighted by molar-refractivity contribution is 9.10. The summed E-state index contributed by atoms with van der Waals surface area (Å²) in [6.07, 6.45) is 0. The molecule has 0 atom stereocenters. The Labute approximate surface area is 90.0 Å². The quantitative estimate of drug-likeness (QED) is 0.721. The molecule has 1 aromatic heterocycles. The first-order chi connectivity index (χ1) is 6.75. The zero-order valence-electron chi connectivity index (χ0n) is 7.54. The first-order valence-corrected chi connectivity index (χ1v) is 5.21. The van der Waals surface area contributed by atoms with Crippen LogP contribution < -0.4 is 4.90 Å². The molecule has 2 heterocycles. The number of anilines is 1. The van der Waals surface area contributed by atoms with E-state index in [4.69, 9.17) is 4.74 Å². The van der Waals surface area contributed by atoms with Gasteiger partial charge in [0.25, 0.3) is 0 Å². The lowest BCUT2D eigenvalue weighted by atomic mass is 10.3. The van der Waals surface area contributed by atoms with E-state index < -0.39 is 0 Å². The second-order valence-electron chi connectivity index (χ2n) is 3.07. The molecule has 1 aliphatic heterocycles. The standard InChI is InChI=1S/C9H10BrFN2O/c10-8-5-7(11)6-9(12-8)13-1-3-14-4-2-13/h5-6H,1-4H2. The summed E-state index contributed by atoms with van der Waals surface area (Å²) in [6.45, 7) is 2.89. The molecule has 0 radical (unpaired) electrons. The normalized spacial score (nSPS) is 17.1. The maximum absolute atomic E-state index is 13.1. The van der Waals surface area contributed by atoms with Crippen molar-refractivity contribution in [2.45, 2.75) is 0 Å². The number of hydrogen-bond donors (Lipinski definition) is 0. The first-order valence-electron chi connectivity index (χ1n) is 4.41. The predicted octanol–water partition coefficient (Wildman–Crippen LogP) is 1.82. The van der Waals surface area contributed by atoms with E-state index in [0.717, 1.165) is 13.1 Å². The van der Waals surface area contributed by atoms with Crippen molar-refractivity contribution in [3.8, 4) is 0 Å². The molecule has 1 aliphatic rings. The average molecular weight is 261 g/mol.